The predicted molar refractivity (Wildman–Crippen MR) is 78.7 cm³/mol. The molecule has 0 bridgehead atoms. The first-order valence-electron chi connectivity index (χ1n) is 6.76. The van der Waals surface area contributed by atoms with Crippen LogP contribution in [0, 0.1) is 24.0 Å². The molecule has 0 aliphatic carbocycles. The van der Waals surface area contributed by atoms with Crippen molar-refractivity contribution < 1.29 is 13.9 Å². The average molecular weight is 305 g/mol. The Balaban J connectivity index is 1.94. The van der Waals surface area contributed by atoms with Crippen LogP contribution in [-0.2, 0) is 13.1 Å². The maximum atomic E-state index is 13.2. The Labute approximate surface area is 128 Å². The first-order valence-corrected chi connectivity index (χ1v) is 6.76. The van der Waals surface area contributed by atoms with Gasteiger partial charge in [0.2, 0.25) is 0 Å². The van der Waals surface area contributed by atoms with Crippen molar-refractivity contribution in [1.29, 1.82) is 0 Å². The molecule has 2 aromatic rings. The fraction of sp³-hybridized carbons (Fsp3) is 0.312. The summed E-state index contributed by atoms with van der Waals surface area (Å²) >= 11 is 0. The van der Waals surface area contributed by atoms with Crippen LogP contribution < -0.4 is 0 Å². The van der Waals surface area contributed by atoms with Gasteiger partial charge in [0.05, 0.1) is 12.3 Å². The molecule has 22 heavy (non-hydrogen) atoms. The van der Waals surface area contributed by atoms with Crippen LogP contribution in [0.25, 0.3) is 0 Å². The summed E-state index contributed by atoms with van der Waals surface area (Å²) in [6, 6.07) is 3.40. The molecule has 4 nitrogen and oxygen atoms in total. The van der Waals surface area contributed by atoms with E-state index in [-0.39, 0.29) is 6.54 Å². The Morgan fingerprint density at radius 2 is 2.18 bits per heavy atom. The minimum atomic E-state index is -0.963. The molecule has 0 amide bonds. The van der Waals surface area contributed by atoms with E-state index in [9.17, 15) is 13.9 Å². The summed E-state index contributed by atoms with van der Waals surface area (Å²) < 4.78 is 27.7. The van der Waals surface area contributed by atoms with Gasteiger partial charge >= 0.3 is 0 Å². The number of aliphatic hydroxyl groups excluding tert-OH is 1. The lowest BCUT2D eigenvalue weighted by Crippen LogP contribution is -2.24. The fourth-order valence-corrected chi connectivity index (χ4v) is 2.16. The van der Waals surface area contributed by atoms with Crippen molar-refractivity contribution in [2.24, 2.45) is 0 Å². The molecular formula is C16H17F2N3O. The monoisotopic (exact) mass is 305 g/mol. The third-order valence-electron chi connectivity index (χ3n) is 3.21. The molecule has 1 heterocycles. The van der Waals surface area contributed by atoms with Crippen LogP contribution in [0.2, 0.25) is 0 Å². The summed E-state index contributed by atoms with van der Waals surface area (Å²) in [7, 11) is 1.82. The van der Waals surface area contributed by atoms with Gasteiger partial charge in [-0.1, -0.05) is 12.0 Å². The largest absolute Gasteiger partial charge is 0.387 e. The van der Waals surface area contributed by atoms with Gasteiger partial charge in [0.25, 0.3) is 0 Å². The van der Waals surface area contributed by atoms with Crippen molar-refractivity contribution in [3.05, 3.63) is 53.4 Å². The number of nitrogens with zero attached hydrogens (tertiary/aromatic N) is 3. The van der Waals surface area contributed by atoms with E-state index in [1.807, 2.05) is 18.1 Å². The molecule has 0 fully saturated rings. The van der Waals surface area contributed by atoms with Crippen molar-refractivity contribution in [3.63, 3.8) is 0 Å². The van der Waals surface area contributed by atoms with Crippen molar-refractivity contribution in [2.45, 2.75) is 19.2 Å². The SMILES string of the molecule is C#CCn1cc(CN(C)CC(O)c2ccc(F)c(F)c2)cn1. The maximum absolute atomic E-state index is 13.2. The Hall–Kier alpha value is -2.23. The van der Waals surface area contributed by atoms with E-state index >= 15 is 0 Å². The second-order valence-electron chi connectivity index (χ2n) is 5.14. The first-order chi connectivity index (χ1) is 10.5. The quantitative estimate of drug-likeness (QED) is 0.830. The lowest BCUT2D eigenvalue weighted by molar-refractivity contribution is 0.123. The number of benzene rings is 1. The van der Waals surface area contributed by atoms with E-state index in [1.165, 1.54) is 6.07 Å². The van der Waals surface area contributed by atoms with Crippen molar-refractivity contribution in [3.8, 4) is 12.3 Å². The van der Waals surface area contributed by atoms with Crippen molar-refractivity contribution in [2.75, 3.05) is 13.6 Å². The smallest absolute Gasteiger partial charge is 0.159 e. The van der Waals surface area contributed by atoms with Gasteiger partial charge in [-0.2, -0.15) is 5.10 Å². The van der Waals surface area contributed by atoms with Crippen LogP contribution in [0.4, 0.5) is 8.78 Å². The highest BCUT2D eigenvalue weighted by Crippen LogP contribution is 2.17. The number of hydrogen-bond donors (Lipinski definition) is 1. The lowest BCUT2D eigenvalue weighted by atomic mass is 10.1. The normalized spacial score (nSPS) is 12.4. The van der Waals surface area contributed by atoms with E-state index in [4.69, 9.17) is 6.42 Å². The van der Waals surface area contributed by atoms with Crippen LogP contribution >= 0.6 is 0 Å². The van der Waals surface area contributed by atoms with E-state index in [1.54, 1.807) is 10.9 Å². The number of aromatic nitrogens is 2. The van der Waals surface area contributed by atoms with Gasteiger partial charge in [0.15, 0.2) is 11.6 Å². The highest BCUT2D eigenvalue weighted by Gasteiger charge is 2.14. The maximum Gasteiger partial charge on any atom is 0.159 e. The van der Waals surface area contributed by atoms with Crippen LogP contribution in [0.15, 0.2) is 30.6 Å². The zero-order valence-electron chi connectivity index (χ0n) is 12.2. The minimum absolute atomic E-state index is 0.283. The van der Waals surface area contributed by atoms with E-state index < -0.39 is 17.7 Å². The molecule has 0 radical (unpaired) electrons. The summed E-state index contributed by atoms with van der Waals surface area (Å²) in [5.74, 6) is 0.606. The van der Waals surface area contributed by atoms with E-state index in [0.29, 0.717) is 18.7 Å². The van der Waals surface area contributed by atoms with E-state index in [2.05, 4.69) is 11.0 Å². The third-order valence-corrected chi connectivity index (χ3v) is 3.21. The summed E-state index contributed by atoms with van der Waals surface area (Å²) in [5, 5.41) is 14.2. The molecule has 1 aromatic heterocycles. The van der Waals surface area contributed by atoms with Crippen molar-refractivity contribution >= 4 is 0 Å². The summed E-state index contributed by atoms with van der Waals surface area (Å²) in [6.07, 6.45) is 7.85. The minimum Gasteiger partial charge on any atom is -0.387 e. The molecule has 1 N–H and O–H groups in total. The highest BCUT2D eigenvalue weighted by molar-refractivity contribution is 5.20. The Bertz CT molecular complexity index is 678. The van der Waals surface area contributed by atoms with Gasteiger partial charge in [-0.3, -0.25) is 9.58 Å². The van der Waals surface area contributed by atoms with Gasteiger partial charge in [-0.05, 0) is 24.7 Å². The molecule has 0 saturated carbocycles. The molecule has 1 aromatic carbocycles. The predicted octanol–water partition coefficient (Wildman–Crippen LogP) is 1.96. The average Bonchev–Trinajstić information content (AvgIpc) is 2.89. The molecule has 0 spiro atoms. The Morgan fingerprint density at radius 3 is 2.86 bits per heavy atom. The van der Waals surface area contributed by atoms with Crippen LogP contribution in [0.5, 0.6) is 0 Å². The molecule has 1 atom stereocenters. The highest BCUT2D eigenvalue weighted by atomic mass is 19.2. The third kappa shape index (κ3) is 4.13. The molecule has 2 rings (SSSR count). The van der Waals surface area contributed by atoms with Gasteiger partial charge < -0.3 is 5.11 Å². The van der Waals surface area contributed by atoms with E-state index in [0.717, 1.165) is 17.7 Å². The number of halogens is 2. The van der Waals surface area contributed by atoms with Gasteiger partial charge in [0, 0.05) is 24.8 Å². The van der Waals surface area contributed by atoms with Crippen LogP contribution in [0.3, 0.4) is 0 Å². The standard InChI is InChI=1S/C16H17F2N3O/c1-3-6-21-10-12(8-19-21)9-20(2)11-16(22)13-4-5-14(17)15(18)7-13/h1,4-5,7-8,10,16,22H,6,9,11H2,2H3. The number of hydrogen-bond acceptors (Lipinski definition) is 3. The van der Waals surface area contributed by atoms with Gasteiger partial charge in [-0.15, -0.1) is 6.42 Å². The zero-order chi connectivity index (χ0) is 16.1. The second kappa shape index (κ2) is 7.16. The van der Waals surface area contributed by atoms with Crippen LogP contribution in [0.1, 0.15) is 17.2 Å². The summed E-state index contributed by atoms with van der Waals surface area (Å²) in [4.78, 5) is 1.86. The lowest BCUT2D eigenvalue weighted by Gasteiger charge is -2.20. The fourth-order valence-electron chi connectivity index (χ4n) is 2.16. The molecular weight excluding hydrogens is 288 g/mol. The molecule has 0 aliphatic rings. The van der Waals surface area contributed by atoms with Gasteiger partial charge in [0.1, 0.15) is 6.54 Å². The van der Waals surface area contributed by atoms with Crippen molar-refractivity contribution in [1.82, 2.24) is 14.7 Å². The Kier molecular flexibility index (Phi) is 5.26. The second-order valence-corrected chi connectivity index (χ2v) is 5.14. The topological polar surface area (TPSA) is 41.3 Å². The first kappa shape index (κ1) is 16.1. The number of likely N-dealkylation sites (N-methyl/N-ethyl adjacent to an activating group) is 1. The molecule has 1 unspecified atom stereocenters. The molecule has 116 valence electrons. The Morgan fingerprint density at radius 1 is 1.41 bits per heavy atom. The van der Waals surface area contributed by atoms with Crippen LogP contribution in [-0.4, -0.2) is 33.4 Å². The molecule has 0 aliphatic heterocycles. The molecule has 0 saturated heterocycles. The number of aliphatic hydroxyl groups is 1. The number of rotatable bonds is 6. The summed E-state index contributed by atoms with van der Waals surface area (Å²) in [6.45, 7) is 1.25. The summed E-state index contributed by atoms with van der Waals surface area (Å²) in [5.41, 5.74) is 1.30. The zero-order valence-corrected chi connectivity index (χ0v) is 12.2. The molecule has 6 heteroatoms. The number of terminal acetylenes is 1. The van der Waals surface area contributed by atoms with Gasteiger partial charge in [-0.25, -0.2) is 8.78 Å².